The summed E-state index contributed by atoms with van der Waals surface area (Å²) in [6, 6.07) is 32.2. The summed E-state index contributed by atoms with van der Waals surface area (Å²) in [6.07, 6.45) is 2.05. The van der Waals surface area contributed by atoms with E-state index in [1.165, 1.54) is 11.8 Å². The molecule has 12 heteroatoms. The first-order valence-corrected chi connectivity index (χ1v) is 19.0. The third-order valence-electron chi connectivity index (χ3n) is 8.02. The van der Waals surface area contributed by atoms with Crippen LogP contribution in [-0.2, 0) is 14.3 Å². The molecule has 0 bridgehead atoms. The molecule has 0 saturated heterocycles. The van der Waals surface area contributed by atoms with Crippen LogP contribution in [-0.4, -0.2) is 41.5 Å². The predicted octanol–water partition coefficient (Wildman–Crippen LogP) is 8.71. The first-order chi connectivity index (χ1) is 26.1. The fraction of sp³-hybridized carbons (Fsp3) is 0.167. The van der Waals surface area contributed by atoms with Crippen molar-refractivity contribution in [3.8, 4) is 0 Å². The van der Waals surface area contributed by atoms with Gasteiger partial charge in [0.25, 0.3) is 17.7 Å². The van der Waals surface area contributed by atoms with Crippen LogP contribution in [0.4, 0.5) is 16.4 Å². The Hall–Kier alpha value is -5.98. The Balaban J connectivity index is 1.33. The van der Waals surface area contributed by atoms with Gasteiger partial charge in [0.15, 0.2) is 0 Å². The summed E-state index contributed by atoms with van der Waals surface area (Å²) in [6.45, 7) is 7.26. The highest BCUT2D eigenvalue weighted by Crippen LogP contribution is 2.36. The van der Waals surface area contributed by atoms with Gasteiger partial charge in [-0.15, -0.1) is 23.1 Å². The molecule has 10 nitrogen and oxygen atoms in total. The monoisotopic (exact) mass is 760 g/mol. The lowest BCUT2D eigenvalue weighted by Crippen LogP contribution is -2.30. The third-order valence-corrected chi connectivity index (χ3v) is 10.6. The number of rotatable bonds is 14. The van der Waals surface area contributed by atoms with E-state index in [2.05, 4.69) is 21.3 Å². The number of amides is 4. The Morgan fingerprint density at radius 2 is 1.44 bits per heavy atom. The maximum atomic E-state index is 13.7. The maximum absolute atomic E-state index is 13.7. The largest absolute Gasteiger partial charge is 0.462 e. The Kier molecular flexibility index (Phi) is 13.6. The number of benzene rings is 4. The Morgan fingerprint density at radius 1 is 0.759 bits per heavy atom. The predicted molar refractivity (Wildman–Crippen MR) is 216 cm³/mol. The van der Waals surface area contributed by atoms with Gasteiger partial charge in [-0.1, -0.05) is 79.2 Å². The van der Waals surface area contributed by atoms with E-state index in [1.807, 2.05) is 50.2 Å². The standard InChI is InChI=1S/C42H40N4O6S2/c1-5-34(39(49)46-41-35(42(51)52-6-2)27(4)36(54-41)40(50)43-30-19-11-8-12-20-30)53-32-22-14-21-31(25-32)44-38(48)33(24-28-16-13-15-26(3)23-28)45-37(47)29-17-9-7-10-18-29/h7-25,34H,5-6H2,1-4H3,(H,43,50)(H,44,48)(H,45,47)(H,46,49)/b33-24+. The van der Waals surface area contributed by atoms with Crippen LogP contribution in [0.3, 0.4) is 0 Å². The summed E-state index contributed by atoms with van der Waals surface area (Å²) in [7, 11) is 0. The van der Waals surface area contributed by atoms with Gasteiger partial charge in [-0.3, -0.25) is 19.2 Å². The van der Waals surface area contributed by atoms with Crippen molar-refractivity contribution < 1.29 is 28.7 Å². The number of para-hydroxylation sites is 1. The molecular formula is C42H40N4O6S2. The molecule has 0 aliphatic rings. The lowest BCUT2D eigenvalue weighted by atomic mass is 10.1. The average Bonchev–Trinajstić information content (AvgIpc) is 3.49. The van der Waals surface area contributed by atoms with Crippen LogP contribution in [0, 0.1) is 13.8 Å². The molecule has 0 aliphatic heterocycles. The fourth-order valence-electron chi connectivity index (χ4n) is 5.37. The van der Waals surface area contributed by atoms with Crippen molar-refractivity contribution in [2.45, 2.75) is 44.3 Å². The Labute approximate surface area is 322 Å². The molecule has 1 atom stereocenters. The van der Waals surface area contributed by atoms with E-state index in [0.29, 0.717) is 33.8 Å². The van der Waals surface area contributed by atoms with E-state index < -0.39 is 28.9 Å². The van der Waals surface area contributed by atoms with Gasteiger partial charge in [-0.05, 0) is 86.9 Å². The van der Waals surface area contributed by atoms with Crippen molar-refractivity contribution in [2.24, 2.45) is 0 Å². The van der Waals surface area contributed by atoms with Crippen molar-refractivity contribution in [1.82, 2.24) is 5.32 Å². The van der Waals surface area contributed by atoms with E-state index in [-0.39, 0.29) is 33.7 Å². The summed E-state index contributed by atoms with van der Waals surface area (Å²) in [5.41, 5.74) is 3.78. The molecule has 1 aromatic heterocycles. The number of thiophene rings is 1. The van der Waals surface area contributed by atoms with Crippen molar-refractivity contribution in [2.75, 3.05) is 22.6 Å². The third kappa shape index (κ3) is 10.3. The van der Waals surface area contributed by atoms with Crippen molar-refractivity contribution >= 4 is 75.1 Å². The highest BCUT2D eigenvalue weighted by atomic mass is 32.2. The van der Waals surface area contributed by atoms with Gasteiger partial charge in [-0.25, -0.2) is 4.79 Å². The molecule has 1 heterocycles. The van der Waals surface area contributed by atoms with Gasteiger partial charge >= 0.3 is 5.97 Å². The maximum Gasteiger partial charge on any atom is 0.341 e. The number of carbonyl (C=O) groups excluding carboxylic acids is 5. The molecule has 0 aliphatic carbocycles. The van der Waals surface area contributed by atoms with Gasteiger partial charge < -0.3 is 26.0 Å². The Bertz CT molecular complexity index is 2180. The van der Waals surface area contributed by atoms with Crippen LogP contribution >= 0.6 is 23.1 Å². The minimum atomic E-state index is -0.639. The molecule has 5 rings (SSSR count). The number of nitrogens with one attached hydrogen (secondary N) is 4. The number of hydrogen-bond donors (Lipinski definition) is 4. The molecule has 4 N–H and O–H groups in total. The second-order valence-corrected chi connectivity index (χ2v) is 14.4. The van der Waals surface area contributed by atoms with E-state index in [9.17, 15) is 24.0 Å². The van der Waals surface area contributed by atoms with Crippen molar-refractivity contribution in [3.63, 3.8) is 0 Å². The summed E-state index contributed by atoms with van der Waals surface area (Å²) >= 11 is 2.29. The highest BCUT2D eigenvalue weighted by Gasteiger charge is 2.29. The number of anilines is 3. The van der Waals surface area contributed by atoms with Crippen molar-refractivity contribution in [3.05, 3.63) is 148 Å². The van der Waals surface area contributed by atoms with Crippen molar-refractivity contribution in [1.29, 1.82) is 0 Å². The van der Waals surface area contributed by atoms with Gasteiger partial charge in [0.05, 0.1) is 22.3 Å². The second kappa shape index (κ2) is 18.7. The minimum Gasteiger partial charge on any atom is -0.462 e. The second-order valence-electron chi connectivity index (χ2n) is 12.1. The molecule has 0 fully saturated rings. The summed E-state index contributed by atoms with van der Waals surface area (Å²) in [5, 5.41) is 11.0. The summed E-state index contributed by atoms with van der Waals surface area (Å²) in [5.74, 6) is -2.38. The lowest BCUT2D eigenvalue weighted by molar-refractivity contribution is -0.116. The zero-order valence-electron chi connectivity index (χ0n) is 30.2. The van der Waals surface area contributed by atoms with Gasteiger partial charge in [-0.2, -0.15) is 0 Å². The van der Waals surface area contributed by atoms with Crippen LogP contribution in [0.1, 0.15) is 67.3 Å². The zero-order valence-corrected chi connectivity index (χ0v) is 31.9. The first kappa shape index (κ1) is 39.2. The fourth-order valence-corrected chi connectivity index (χ4v) is 7.48. The molecule has 276 valence electrons. The molecular weight excluding hydrogens is 721 g/mol. The van der Waals surface area contributed by atoms with Crippen LogP contribution in [0.2, 0.25) is 0 Å². The summed E-state index contributed by atoms with van der Waals surface area (Å²) in [4.78, 5) is 67.7. The van der Waals surface area contributed by atoms with E-state index in [1.54, 1.807) is 92.7 Å². The number of esters is 1. The smallest absolute Gasteiger partial charge is 0.341 e. The van der Waals surface area contributed by atoms with Crippen LogP contribution in [0.25, 0.3) is 6.08 Å². The molecule has 54 heavy (non-hydrogen) atoms. The topological polar surface area (TPSA) is 143 Å². The molecule has 4 amide bonds. The molecule has 0 saturated carbocycles. The van der Waals surface area contributed by atoms with Gasteiger partial charge in [0, 0.05) is 21.8 Å². The van der Waals surface area contributed by atoms with Crippen LogP contribution in [0.15, 0.2) is 120 Å². The number of carbonyl (C=O) groups is 5. The molecule has 0 radical (unpaired) electrons. The molecule has 4 aromatic carbocycles. The number of ether oxygens (including phenoxy) is 1. The average molecular weight is 761 g/mol. The highest BCUT2D eigenvalue weighted by molar-refractivity contribution is 8.00. The number of hydrogen-bond acceptors (Lipinski definition) is 8. The van der Waals surface area contributed by atoms with E-state index in [4.69, 9.17) is 4.74 Å². The molecule has 1 unspecified atom stereocenters. The van der Waals surface area contributed by atoms with Gasteiger partial charge in [0.2, 0.25) is 5.91 Å². The number of thioether (sulfide) groups is 1. The van der Waals surface area contributed by atoms with E-state index >= 15 is 0 Å². The molecule has 0 spiro atoms. The van der Waals surface area contributed by atoms with Crippen LogP contribution < -0.4 is 21.3 Å². The molecule has 5 aromatic rings. The normalized spacial score (nSPS) is 11.6. The minimum absolute atomic E-state index is 0.0544. The zero-order chi connectivity index (χ0) is 38.6. The summed E-state index contributed by atoms with van der Waals surface area (Å²) < 4.78 is 5.29. The Morgan fingerprint density at radius 3 is 2.13 bits per heavy atom. The lowest BCUT2D eigenvalue weighted by Gasteiger charge is -2.16. The van der Waals surface area contributed by atoms with E-state index in [0.717, 1.165) is 22.5 Å². The number of aryl methyl sites for hydroxylation is 1. The van der Waals surface area contributed by atoms with Crippen LogP contribution in [0.5, 0.6) is 0 Å². The SMILES string of the molecule is CCOC(=O)c1c(NC(=O)C(CC)Sc2cccc(NC(=O)/C(=C\c3cccc(C)c3)NC(=O)c3ccccc3)c2)sc(C(=O)Nc2ccccc2)c1C. The van der Waals surface area contributed by atoms with Gasteiger partial charge in [0.1, 0.15) is 10.7 Å². The quantitative estimate of drug-likeness (QED) is 0.0504. The first-order valence-electron chi connectivity index (χ1n) is 17.3.